The topological polar surface area (TPSA) is 29.3 Å². The summed E-state index contributed by atoms with van der Waals surface area (Å²) in [4.78, 5) is 2.68. The molecule has 1 heterocycles. The molecule has 2 fully saturated rings. The van der Waals surface area contributed by atoms with E-state index in [0.717, 1.165) is 23.7 Å². The lowest BCUT2D eigenvalue weighted by Gasteiger charge is -2.40. The summed E-state index contributed by atoms with van der Waals surface area (Å²) in [5.41, 5.74) is 6.37. The second-order valence-electron chi connectivity index (χ2n) is 7.25. The second kappa shape index (κ2) is 6.38. The summed E-state index contributed by atoms with van der Waals surface area (Å²) >= 11 is 0. The fraction of sp³-hybridized carbons (Fsp3) is 1.00. The molecule has 18 heavy (non-hydrogen) atoms. The molecule has 4 unspecified atom stereocenters. The van der Waals surface area contributed by atoms with Crippen molar-refractivity contribution in [1.29, 1.82) is 0 Å². The first-order chi connectivity index (χ1) is 8.56. The summed E-state index contributed by atoms with van der Waals surface area (Å²) in [7, 11) is 0. The first kappa shape index (κ1) is 14.3. The van der Waals surface area contributed by atoms with Crippen LogP contribution in [0.3, 0.4) is 0 Å². The van der Waals surface area contributed by atoms with E-state index < -0.39 is 0 Å². The molecule has 1 aliphatic carbocycles. The zero-order valence-corrected chi connectivity index (χ0v) is 12.6. The van der Waals surface area contributed by atoms with Gasteiger partial charge in [0, 0.05) is 19.1 Å². The Morgan fingerprint density at radius 2 is 2.00 bits per heavy atom. The van der Waals surface area contributed by atoms with Gasteiger partial charge in [-0.15, -0.1) is 0 Å². The van der Waals surface area contributed by atoms with Crippen molar-refractivity contribution in [2.75, 3.05) is 19.6 Å². The third-order valence-electron chi connectivity index (χ3n) is 5.26. The van der Waals surface area contributed by atoms with Crippen LogP contribution in [0.1, 0.15) is 52.9 Å². The maximum atomic E-state index is 6.37. The van der Waals surface area contributed by atoms with E-state index in [0.29, 0.717) is 6.04 Å². The minimum atomic E-state index is 0.456. The largest absolute Gasteiger partial charge is 0.327 e. The second-order valence-corrected chi connectivity index (χ2v) is 7.25. The molecule has 0 spiro atoms. The van der Waals surface area contributed by atoms with Gasteiger partial charge in [0.2, 0.25) is 0 Å². The Kier molecular flexibility index (Phi) is 5.08. The van der Waals surface area contributed by atoms with E-state index >= 15 is 0 Å². The molecule has 2 N–H and O–H groups in total. The molecule has 1 aliphatic heterocycles. The summed E-state index contributed by atoms with van der Waals surface area (Å²) < 4.78 is 0. The average Bonchev–Trinajstić information content (AvgIpc) is 2.31. The van der Waals surface area contributed by atoms with Crippen LogP contribution >= 0.6 is 0 Å². The van der Waals surface area contributed by atoms with E-state index in [4.69, 9.17) is 5.73 Å². The Morgan fingerprint density at radius 3 is 2.67 bits per heavy atom. The van der Waals surface area contributed by atoms with E-state index in [1.165, 1.54) is 51.7 Å². The van der Waals surface area contributed by atoms with E-state index in [-0.39, 0.29) is 0 Å². The molecule has 2 aliphatic rings. The van der Waals surface area contributed by atoms with Crippen LogP contribution < -0.4 is 5.73 Å². The number of nitrogens with zero attached hydrogens (tertiary/aromatic N) is 1. The predicted molar refractivity (Wildman–Crippen MR) is 78.5 cm³/mol. The monoisotopic (exact) mass is 252 g/mol. The Balaban J connectivity index is 1.86. The highest BCUT2D eigenvalue weighted by Gasteiger charge is 2.31. The Bertz CT molecular complexity index is 251. The SMILES string of the molecule is CC1CCCN(CC2CC(C(C)C)CCC2N)C1. The molecule has 0 aromatic heterocycles. The minimum Gasteiger partial charge on any atom is -0.327 e. The summed E-state index contributed by atoms with van der Waals surface area (Å²) in [5, 5.41) is 0. The van der Waals surface area contributed by atoms with Gasteiger partial charge in [0.25, 0.3) is 0 Å². The molecule has 0 aromatic rings. The Labute approximate surface area is 113 Å². The van der Waals surface area contributed by atoms with Crippen molar-refractivity contribution in [2.24, 2.45) is 29.4 Å². The van der Waals surface area contributed by atoms with Crippen LogP contribution in [0, 0.1) is 23.7 Å². The van der Waals surface area contributed by atoms with Crippen molar-refractivity contribution in [3.8, 4) is 0 Å². The number of nitrogens with two attached hydrogens (primary N) is 1. The van der Waals surface area contributed by atoms with Gasteiger partial charge in [0.15, 0.2) is 0 Å². The highest BCUT2D eigenvalue weighted by atomic mass is 15.1. The first-order valence-corrected chi connectivity index (χ1v) is 8.04. The molecule has 0 aromatic carbocycles. The van der Waals surface area contributed by atoms with Crippen molar-refractivity contribution in [3.05, 3.63) is 0 Å². The van der Waals surface area contributed by atoms with E-state index in [1.807, 2.05) is 0 Å². The lowest BCUT2D eigenvalue weighted by molar-refractivity contribution is 0.108. The van der Waals surface area contributed by atoms with Gasteiger partial charge < -0.3 is 10.6 Å². The summed E-state index contributed by atoms with van der Waals surface area (Å²) in [6, 6.07) is 0.456. The van der Waals surface area contributed by atoms with Gasteiger partial charge in [-0.3, -0.25) is 0 Å². The number of hydrogen-bond acceptors (Lipinski definition) is 2. The number of likely N-dealkylation sites (tertiary alicyclic amines) is 1. The van der Waals surface area contributed by atoms with Gasteiger partial charge in [-0.2, -0.15) is 0 Å². The van der Waals surface area contributed by atoms with E-state index in [2.05, 4.69) is 25.7 Å². The summed E-state index contributed by atoms with van der Waals surface area (Å²) in [5.74, 6) is 3.38. The van der Waals surface area contributed by atoms with Crippen LogP contribution in [0.5, 0.6) is 0 Å². The van der Waals surface area contributed by atoms with Gasteiger partial charge in [-0.1, -0.05) is 20.8 Å². The molecule has 2 nitrogen and oxygen atoms in total. The summed E-state index contributed by atoms with van der Waals surface area (Å²) in [6.07, 6.45) is 6.77. The third-order valence-corrected chi connectivity index (χ3v) is 5.26. The van der Waals surface area contributed by atoms with Gasteiger partial charge in [0.05, 0.1) is 0 Å². The minimum absolute atomic E-state index is 0.456. The van der Waals surface area contributed by atoms with Crippen LogP contribution in [0.25, 0.3) is 0 Å². The summed E-state index contributed by atoms with van der Waals surface area (Å²) in [6.45, 7) is 11.0. The molecule has 1 saturated carbocycles. The molecule has 2 heteroatoms. The van der Waals surface area contributed by atoms with Crippen molar-refractivity contribution >= 4 is 0 Å². The lowest BCUT2D eigenvalue weighted by atomic mass is 9.73. The quantitative estimate of drug-likeness (QED) is 0.836. The van der Waals surface area contributed by atoms with Crippen LogP contribution in [-0.4, -0.2) is 30.6 Å². The van der Waals surface area contributed by atoms with Crippen LogP contribution in [0.4, 0.5) is 0 Å². The zero-order chi connectivity index (χ0) is 13.1. The molecule has 0 bridgehead atoms. The Morgan fingerprint density at radius 1 is 1.22 bits per heavy atom. The molecule has 1 saturated heterocycles. The molecular formula is C16H32N2. The predicted octanol–water partition coefficient (Wildman–Crippen LogP) is 3.12. The molecular weight excluding hydrogens is 220 g/mol. The Hall–Kier alpha value is -0.0800. The smallest absolute Gasteiger partial charge is 0.00795 e. The molecule has 0 radical (unpaired) electrons. The van der Waals surface area contributed by atoms with Gasteiger partial charge in [-0.25, -0.2) is 0 Å². The third kappa shape index (κ3) is 3.71. The van der Waals surface area contributed by atoms with Crippen LogP contribution in [-0.2, 0) is 0 Å². The van der Waals surface area contributed by atoms with Gasteiger partial charge >= 0.3 is 0 Å². The maximum absolute atomic E-state index is 6.37. The van der Waals surface area contributed by atoms with Crippen LogP contribution in [0.2, 0.25) is 0 Å². The van der Waals surface area contributed by atoms with Crippen LogP contribution in [0.15, 0.2) is 0 Å². The molecule has 2 rings (SSSR count). The van der Waals surface area contributed by atoms with Crippen molar-refractivity contribution in [1.82, 2.24) is 4.90 Å². The molecule has 0 amide bonds. The first-order valence-electron chi connectivity index (χ1n) is 8.04. The lowest BCUT2D eigenvalue weighted by Crippen LogP contribution is -2.46. The van der Waals surface area contributed by atoms with E-state index in [9.17, 15) is 0 Å². The normalized spacial score (nSPS) is 39.2. The van der Waals surface area contributed by atoms with E-state index in [1.54, 1.807) is 0 Å². The fourth-order valence-corrected chi connectivity index (χ4v) is 3.92. The molecule has 106 valence electrons. The van der Waals surface area contributed by atoms with Crippen molar-refractivity contribution in [3.63, 3.8) is 0 Å². The van der Waals surface area contributed by atoms with Gasteiger partial charge in [-0.05, 0) is 62.3 Å². The highest BCUT2D eigenvalue weighted by Crippen LogP contribution is 2.34. The zero-order valence-electron chi connectivity index (χ0n) is 12.6. The standard InChI is InChI=1S/C16H32N2/c1-12(2)14-6-7-16(17)15(9-14)11-18-8-4-5-13(3)10-18/h12-16H,4-11,17H2,1-3H3. The average molecular weight is 252 g/mol. The number of rotatable bonds is 3. The van der Waals surface area contributed by atoms with Crippen molar-refractivity contribution < 1.29 is 0 Å². The van der Waals surface area contributed by atoms with Gasteiger partial charge in [0.1, 0.15) is 0 Å². The number of hydrogen-bond donors (Lipinski definition) is 1. The van der Waals surface area contributed by atoms with Crippen molar-refractivity contribution in [2.45, 2.75) is 58.9 Å². The molecule has 4 atom stereocenters. The highest BCUT2D eigenvalue weighted by molar-refractivity contribution is 4.86. The maximum Gasteiger partial charge on any atom is 0.00795 e. The number of piperidine rings is 1. The fourth-order valence-electron chi connectivity index (χ4n) is 3.92.